The van der Waals surface area contributed by atoms with E-state index >= 15 is 0 Å². The number of ether oxygens (including phenoxy) is 3. The number of rotatable bonds is 7. The van der Waals surface area contributed by atoms with E-state index in [4.69, 9.17) is 14.2 Å². The summed E-state index contributed by atoms with van der Waals surface area (Å²) in [4.78, 5) is 31.2. The highest BCUT2D eigenvalue weighted by Gasteiger charge is 2.31. The average Bonchev–Trinajstić information content (AvgIpc) is 2.81. The predicted molar refractivity (Wildman–Crippen MR) is 116 cm³/mol. The summed E-state index contributed by atoms with van der Waals surface area (Å²) >= 11 is 0. The summed E-state index contributed by atoms with van der Waals surface area (Å²) in [6.07, 6.45) is 3.25. The summed E-state index contributed by atoms with van der Waals surface area (Å²) in [5.74, 6) is 1.36. The number of nitrogens with zero attached hydrogens (tertiary/aromatic N) is 2. The summed E-state index contributed by atoms with van der Waals surface area (Å²) < 4.78 is 16.1. The Kier molecular flexibility index (Phi) is 7.33. The molecule has 31 heavy (non-hydrogen) atoms. The molecular formula is C23H29N3O5. The number of aromatic nitrogens is 1. The highest BCUT2D eigenvalue weighted by Crippen LogP contribution is 2.39. The number of piperidine rings is 1. The van der Waals surface area contributed by atoms with Crippen molar-refractivity contribution >= 4 is 11.8 Å². The third-order valence-electron chi connectivity index (χ3n) is 5.58. The maximum Gasteiger partial charge on any atom is 0.254 e. The van der Waals surface area contributed by atoms with Gasteiger partial charge in [0, 0.05) is 31.8 Å². The fraction of sp³-hybridized carbons (Fsp3) is 0.435. The molecule has 1 aliphatic rings. The molecule has 2 heterocycles. The molecule has 166 valence electrons. The van der Waals surface area contributed by atoms with Crippen molar-refractivity contribution in [2.75, 3.05) is 34.4 Å². The van der Waals surface area contributed by atoms with E-state index in [2.05, 4.69) is 10.3 Å². The number of amides is 2. The lowest BCUT2D eigenvalue weighted by molar-refractivity contribution is -0.120. The quantitative estimate of drug-likeness (QED) is 0.731. The molecule has 2 aromatic rings. The van der Waals surface area contributed by atoms with E-state index < -0.39 is 0 Å². The minimum Gasteiger partial charge on any atom is -0.493 e. The van der Waals surface area contributed by atoms with Crippen molar-refractivity contribution < 1.29 is 23.8 Å². The topological polar surface area (TPSA) is 90.0 Å². The van der Waals surface area contributed by atoms with Crippen LogP contribution < -0.4 is 19.5 Å². The summed E-state index contributed by atoms with van der Waals surface area (Å²) in [6.45, 7) is 2.69. The van der Waals surface area contributed by atoms with Gasteiger partial charge in [-0.25, -0.2) is 0 Å². The molecule has 3 rings (SSSR count). The maximum absolute atomic E-state index is 13.2. The van der Waals surface area contributed by atoms with Crippen LogP contribution in [0.4, 0.5) is 0 Å². The Balaban J connectivity index is 1.74. The van der Waals surface area contributed by atoms with Crippen LogP contribution in [-0.4, -0.2) is 56.1 Å². The van der Waals surface area contributed by atoms with Crippen LogP contribution in [0.1, 0.15) is 41.9 Å². The highest BCUT2D eigenvalue weighted by molar-refractivity contribution is 5.95. The number of carbonyl (C=O) groups excluding carboxylic acids is 2. The molecule has 2 amide bonds. The number of hydrogen-bond donors (Lipinski definition) is 1. The maximum atomic E-state index is 13.2. The van der Waals surface area contributed by atoms with Crippen molar-refractivity contribution in [1.29, 1.82) is 0 Å². The molecule has 8 heteroatoms. The SMILES string of the molecule is COc1cc(C(=O)N2CCC([C@H](NC(C)=O)c3ccccn3)CC2)cc(OC)c1OC. The monoisotopic (exact) mass is 427 g/mol. The first-order valence-electron chi connectivity index (χ1n) is 10.3. The first-order valence-corrected chi connectivity index (χ1v) is 10.3. The van der Waals surface area contributed by atoms with Crippen molar-refractivity contribution in [3.8, 4) is 17.2 Å². The molecule has 0 aliphatic carbocycles. The van der Waals surface area contributed by atoms with Crippen LogP contribution in [0.3, 0.4) is 0 Å². The molecule has 0 bridgehead atoms. The van der Waals surface area contributed by atoms with Crippen LogP contribution in [-0.2, 0) is 4.79 Å². The van der Waals surface area contributed by atoms with Gasteiger partial charge in [0.25, 0.3) is 5.91 Å². The zero-order chi connectivity index (χ0) is 22.4. The standard InChI is InChI=1S/C23H29N3O5/c1-15(27)25-21(18-7-5-6-10-24-18)16-8-11-26(12-9-16)23(28)17-13-19(29-2)22(31-4)20(14-17)30-3/h5-7,10,13-14,16,21H,8-9,11-12H2,1-4H3,(H,25,27)/t21-/m0/s1. The Hall–Kier alpha value is -3.29. The number of benzene rings is 1. The number of carbonyl (C=O) groups is 2. The third-order valence-corrected chi connectivity index (χ3v) is 5.58. The smallest absolute Gasteiger partial charge is 0.254 e. The van der Waals surface area contributed by atoms with Crippen LogP contribution in [0.25, 0.3) is 0 Å². The molecule has 0 saturated carbocycles. The van der Waals surface area contributed by atoms with Gasteiger partial charge in [-0.05, 0) is 43.0 Å². The molecule has 1 saturated heterocycles. The van der Waals surface area contributed by atoms with Gasteiger partial charge >= 0.3 is 0 Å². The summed E-state index contributed by atoms with van der Waals surface area (Å²) in [5, 5.41) is 3.03. The van der Waals surface area contributed by atoms with Gasteiger partial charge in [-0.2, -0.15) is 0 Å². The molecule has 1 aliphatic heterocycles. The third kappa shape index (κ3) is 5.07. The molecule has 0 unspecified atom stereocenters. The van der Waals surface area contributed by atoms with Crippen molar-refractivity contribution in [3.05, 3.63) is 47.8 Å². The number of likely N-dealkylation sites (tertiary alicyclic amines) is 1. The predicted octanol–water partition coefficient (Wildman–Crippen LogP) is 2.84. The van der Waals surface area contributed by atoms with Gasteiger partial charge in [0.1, 0.15) is 0 Å². The minimum absolute atomic E-state index is 0.0911. The minimum atomic E-state index is -0.169. The second-order valence-corrected chi connectivity index (χ2v) is 7.48. The van der Waals surface area contributed by atoms with Gasteiger partial charge in [-0.15, -0.1) is 0 Å². The molecule has 1 aromatic carbocycles. The van der Waals surface area contributed by atoms with Gasteiger partial charge in [0.2, 0.25) is 11.7 Å². The highest BCUT2D eigenvalue weighted by atomic mass is 16.5. The van der Waals surface area contributed by atoms with Gasteiger partial charge < -0.3 is 24.4 Å². The zero-order valence-corrected chi connectivity index (χ0v) is 18.4. The van der Waals surface area contributed by atoms with Crippen molar-refractivity contribution in [2.24, 2.45) is 5.92 Å². The number of pyridine rings is 1. The van der Waals surface area contributed by atoms with E-state index in [0.29, 0.717) is 35.9 Å². The Morgan fingerprint density at radius 3 is 2.19 bits per heavy atom. The van der Waals surface area contributed by atoms with Gasteiger partial charge in [0.05, 0.1) is 33.1 Å². The second kappa shape index (κ2) is 10.1. The Morgan fingerprint density at radius 1 is 1.06 bits per heavy atom. The van der Waals surface area contributed by atoms with E-state index in [9.17, 15) is 9.59 Å². The Morgan fingerprint density at radius 2 is 1.71 bits per heavy atom. The van der Waals surface area contributed by atoms with Crippen LogP contribution in [0.5, 0.6) is 17.2 Å². The van der Waals surface area contributed by atoms with Gasteiger partial charge in [-0.3, -0.25) is 14.6 Å². The molecule has 1 atom stereocenters. The lowest BCUT2D eigenvalue weighted by Gasteiger charge is -2.36. The van der Waals surface area contributed by atoms with Gasteiger partial charge in [-0.1, -0.05) is 6.07 Å². The van der Waals surface area contributed by atoms with E-state index in [1.54, 1.807) is 18.3 Å². The average molecular weight is 428 g/mol. The molecular weight excluding hydrogens is 398 g/mol. The first kappa shape index (κ1) is 22.4. The summed E-state index contributed by atoms with van der Waals surface area (Å²) in [7, 11) is 4.58. The molecule has 1 fully saturated rings. The lowest BCUT2D eigenvalue weighted by atomic mass is 9.87. The fourth-order valence-electron chi connectivity index (χ4n) is 4.04. The molecule has 0 radical (unpaired) electrons. The molecule has 8 nitrogen and oxygen atoms in total. The van der Waals surface area contributed by atoms with Crippen LogP contribution in [0.15, 0.2) is 36.5 Å². The largest absolute Gasteiger partial charge is 0.493 e. The van der Waals surface area contributed by atoms with Crippen molar-refractivity contribution in [3.63, 3.8) is 0 Å². The number of nitrogens with one attached hydrogen (secondary N) is 1. The molecule has 0 spiro atoms. The first-order chi connectivity index (χ1) is 15.0. The number of hydrogen-bond acceptors (Lipinski definition) is 6. The van der Waals surface area contributed by atoms with Crippen molar-refractivity contribution in [1.82, 2.24) is 15.2 Å². The zero-order valence-electron chi connectivity index (χ0n) is 18.4. The van der Waals surface area contributed by atoms with Crippen LogP contribution >= 0.6 is 0 Å². The Labute approximate surface area is 182 Å². The second-order valence-electron chi connectivity index (χ2n) is 7.48. The lowest BCUT2D eigenvalue weighted by Crippen LogP contribution is -2.43. The van der Waals surface area contributed by atoms with Crippen molar-refractivity contribution in [2.45, 2.75) is 25.8 Å². The van der Waals surface area contributed by atoms with Crippen LogP contribution in [0.2, 0.25) is 0 Å². The Bertz CT molecular complexity index is 886. The normalized spacial score (nSPS) is 15.2. The molecule has 1 aromatic heterocycles. The summed E-state index contributed by atoms with van der Waals surface area (Å²) in [5.41, 5.74) is 1.32. The fourth-order valence-corrected chi connectivity index (χ4v) is 4.04. The molecule has 1 N–H and O–H groups in total. The van der Waals surface area contributed by atoms with Crippen LogP contribution in [0, 0.1) is 5.92 Å². The summed E-state index contributed by atoms with van der Waals surface area (Å²) in [6, 6.07) is 8.87. The van der Waals surface area contributed by atoms with E-state index in [-0.39, 0.29) is 23.8 Å². The van der Waals surface area contributed by atoms with E-state index in [1.807, 2.05) is 23.1 Å². The number of methoxy groups -OCH3 is 3. The van der Waals surface area contributed by atoms with E-state index in [1.165, 1.54) is 28.3 Å². The van der Waals surface area contributed by atoms with E-state index in [0.717, 1.165) is 18.5 Å². The van der Waals surface area contributed by atoms with Gasteiger partial charge in [0.15, 0.2) is 11.5 Å².